The largest absolute Gasteiger partial charge is 0.441 e. The number of hydrogen-bond acceptors (Lipinski definition) is 3. The number of rotatable bonds is 5. The van der Waals surface area contributed by atoms with Gasteiger partial charge in [0, 0.05) is 12.0 Å². The summed E-state index contributed by atoms with van der Waals surface area (Å²) in [5, 5.41) is 8.87. The summed E-state index contributed by atoms with van der Waals surface area (Å²) in [4.78, 5) is 4.36. The van der Waals surface area contributed by atoms with E-state index in [9.17, 15) is 0 Å². The molecular weight excluding hydrogens is 202 g/mol. The van der Waals surface area contributed by atoms with E-state index in [1.54, 1.807) is 0 Å². The lowest BCUT2D eigenvalue weighted by molar-refractivity contribution is 0.287. The fourth-order valence-electron chi connectivity index (χ4n) is 1.42. The molecule has 3 heteroatoms. The molecule has 0 spiro atoms. The summed E-state index contributed by atoms with van der Waals surface area (Å²) in [6, 6.07) is 0. The standard InChI is InChI=1S/C13H19NO2/c1-4-6-7-11(5-2)13-14-10(3)12(16-13)8-9-15/h5-7,15H,4,8-9H2,1-3H3/b7-6-,11-5+. The van der Waals surface area contributed by atoms with Gasteiger partial charge in [-0.05, 0) is 20.3 Å². The van der Waals surface area contributed by atoms with E-state index < -0.39 is 0 Å². The highest BCUT2D eigenvalue weighted by atomic mass is 16.4. The molecule has 0 unspecified atom stereocenters. The van der Waals surface area contributed by atoms with Crippen LogP contribution in [-0.4, -0.2) is 16.7 Å². The summed E-state index contributed by atoms with van der Waals surface area (Å²) in [7, 11) is 0. The molecule has 88 valence electrons. The maximum absolute atomic E-state index is 8.87. The van der Waals surface area contributed by atoms with E-state index in [4.69, 9.17) is 9.52 Å². The van der Waals surface area contributed by atoms with Gasteiger partial charge in [0.2, 0.25) is 5.89 Å². The molecule has 0 bridgehead atoms. The Balaban J connectivity index is 2.94. The van der Waals surface area contributed by atoms with E-state index in [-0.39, 0.29) is 6.61 Å². The van der Waals surface area contributed by atoms with Gasteiger partial charge in [0.25, 0.3) is 0 Å². The Labute approximate surface area is 96.5 Å². The first-order valence-corrected chi connectivity index (χ1v) is 5.63. The van der Waals surface area contributed by atoms with Crippen molar-refractivity contribution in [1.82, 2.24) is 4.98 Å². The second-order valence-electron chi connectivity index (χ2n) is 3.56. The van der Waals surface area contributed by atoms with E-state index in [0.29, 0.717) is 12.3 Å². The molecular formula is C13H19NO2. The van der Waals surface area contributed by atoms with Gasteiger partial charge in [-0.3, -0.25) is 0 Å². The predicted molar refractivity (Wildman–Crippen MR) is 65.1 cm³/mol. The van der Waals surface area contributed by atoms with Crippen LogP contribution in [0.5, 0.6) is 0 Å². The molecule has 0 aliphatic rings. The van der Waals surface area contributed by atoms with Gasteiger partial charge >= 0.3 is 0 Å². The Morgan fingerprint density at radius 2 is 2.25 bits per heavy atom. The lowest BCUT2D eigenvalue weighted by Gasteiger charge is -1.94. The SMILES string of the molecule is C/C=C(\C=C/CC)c1nc(C)c(CCO)o1. The minimum Gasteiger partial charge on any atom is -0.441 e. The molecule has 1 heterocycles. The van der Waals surface area contributed by atoms with Crippen molar-refractivity contribution in [2.45, 2.75) is 33.6 Å². The van der Waals surface area contributed by atoms with Crippen LogP contribution in [-0.2, 0) is 6.42 Å². The maximum Gasteiger partial charge on any atom is 0.226 e. The van der Waals surface area contributed by atoms with Crippen molar-refractivity contribution in [1.29, 1.82) is 0 Å². The van der Waals surface area contributed by atoms with Crippen LogP contribution in [0, 0.1) is 6.92 Å². The van der Waals surface area contributed by atoms with Crippen LogP contribution < -0.4 is 0 Å². The van der Waals surface area contributed by atoms with Gasteiger partial charge in [0.15, 0.2) is 0 Å². The van der Waals surface area contributed by atoms with Crippen molar-refractivity contribution in [2.24, 2.45) is 0 Å². The Kier molecular flexibility index (Phi) is 4.99. The summed E-state index contributed by atoms with van der Waals surface area (Å²) < 4.78 is 5.61. The second-order valence-corrected chi connectivity index (χ2v) is 3.56. The van der Waals surface area contributed by atoms with E-state index in [2.05, 4.69) is 18.0 Å². The van der Waals surface area contributed by atoms with E-state index in [1.807, 2.05) is 26.0 Å². The van der Waals surface area contributed by atoms with E-state index >= 15 is 0 Å². The van der Waals surface area contributed by atoms with Gasteiger partial charge < -0.3 is 9.52 Å². The number of hydrogen-bond donors (Lipinski definition) is 1. The molecule has 16 heavy (non-hydrogen) atoms. The van der Waals surface area contributed by atoms with Crippen molar-refractivity contribution < 1.29 is 9.52 Å². The summed E-state index contributed by atoms with van der Waals surface area (Å²) in [5.74, 6) is 1.40. The highest BCUT2D eigenvalue weighted by Crippen LogP contribution is 2.19. The topological polar surface area (TPSA) is 46.3 Å². The molecule has 0 amide bonds. The third kappa shape index (κ3) is 3.07. The second kappa shape index (κ2) is 6.28. The molecule has 0 fully saturated rings. The zero-order valence-electron chi connectivity index (χ0n) is 10.2. The lowest BCUT2D eigenvalue weighted by Crippen LogP contribution is -1.89. The summed E-state index contributed by atoms with van der Waals surface area (Å²) in [6.45, 7) is 6.03. The van der Waals surface area contributed by atoms with Crippen molar-refractivity contribution in [3.63, 3.8) is 0 Å². The Morgan fingerprint density at radius 1 is 1.50 bits per heavy atom. The molecule has 0 aliphatic heterocycles. The fraction of sp³-hybridized carbons (Fsp3) is 0.462. The van der Waals surface area contributed by atoms with Gasteiger partial charge in [-0.15, -0.1) is 0 Å². The first-order chi connectivity index (χ1) is 7.72. The summed E-state index contributed by atoms with van der Waals surface area (Å²) in [5.41, 5.74) is 1.84. The molecule has 0 radical (unpaired) electrons. The minimum atomic E-state index is 0.0887. The average molecular weight is 221 g/mol. The molecule has 0 saturated carbocycles. The predicted octanol–water partition coefficient (Wildman–Crippen LogP) is 2.89. The number of aliphatic hydroxyl groups excluding tert-OH is 1. The quantitative estimate of drug-likeness (QED) is 0.778. The molecule has 0 aliphatic carbocycles. The molecule has 1 aromatic heterocycles. The molecule has 1 aromatic rings. The molecule has 0 saturated heterocycles. The summed E-state index contributed by atoms with van der Waals surface area (Å²) >= 11 is 0. The van der Waals surface area contributed by atoms with Crippen LogP contribution >= 0.6 is 0 Å². The van der Waals surface area contributed by atoms with Gasteiger partial charge in [-0.25, -0.2) is 4.98 Å². The van der Waals surface area contributed by atoms with Crippen molar-refractivity contribution in [3.05, 3.63) is 35.6 Å². The molecule has 3 nitrogen and oxygen atoms in total. The molecule has 1 rings (SSSR count). The third-order valence-corrected chi connectivity index (χ3v) is 2.32. The maximum atomic E-state index is 8.87. The Bertz CT molecular complexity index is 389. The third-order valence-electron chi connectivity index (χ3n) is 2.32. The van der Waals surface area contributed by atoms with Crippen molar-refractivity contribution in [3.8, 4) is 0 Å². The zero-order valence-corrected chi connectivity index (χ0v) is 10.2. The number of aryl methyl sites for hydroxylation is 1. The number of aliphatic hydroxyl groups is 1. The van der Waals surface area contributed by atoms with Crippen LogP contribution in [0.15, 0.2) is 22.6 Å². The van der Waals surface area contributed by atoms with Crippen LogP contribution in [0.1, 0.15) is 37.6 Å². The van der Waals surface area contributed by atoms with Gasteiger partial charge in [-0.2, -0.15) is 0 Å². The molecule has 0 atom stereocenters. The number of oxazole rings is 1. The molecule has 0 aromatic carbocycles. The molecule has 1 N–H and O–H groups in total. The summed E-state index contributed by atoms with van der Waals surface area (Å²) in [6.07, 6.45) is 7.56. The first kappa shape index (κ1) is 12.7. The number of aromatic nitrogens is 1. The van der Waals surface area contributed by atoms with Gasteiger partial charge in [0.05, 0.1) is 12.3 Å². The van der Waals surface area contributed by atoms with Gasteiger partial charge in [-0.1, -0.05) is 25.2 Å². The van der Waals surface area contributed by atoms with Crippen molar-refractivity contribution >= 4 is 5.57 Å². The number of nitrogens with zero attached hydrogens (tertiary/aromatic N) is 1. The highest BCUT2D eigenvalue weighted by Gasteiger charge is 2.10. The highest BCUT2D eigenvalue weighted by molar-refractivity contribution is 5.68. The van der Waals surface area contributed by atoms with Crippen LogP contribution in [0.4, 0.5) is 0 Å². The normalized spacial score (nSPS) is 12.6. The average Bonchev–Trinajstić information content (AvgIpc) is 2.62. The van der Waals surface area contributed by atoms with Crippen LogP contribution in [0.3, 0.4) is 0 Å². The van der Waals surface area contributed by atoms with Gasteiger partial charge in [0.1, 0.15) is 5.76 Å². The monoisotopic (exact) mass is 221 g/mol. The minimum absolute atomic E-state index is 0.0887. The number of allylic oxidation sites excluding steroid dienone is 4. The Morgan fingerprint density at radius 3 is 2.81 bits per heavy atom. The van der Waals surface area contributed by atoms with E-state index in [0.717, 1.165) is 23.4 Å². The van der Waals surface area contributed by atoms with E-state index in [1.165, 1.54) is 0 Å². The fourth-order valence-corrected chi connectivity index (χ4v) is 1.42. The smallest absolute Gasteiger partial charge is 0.226 e. The van der Waals surface area contributed by atoms with Crippen LogP contribution in [0.25, 0.3) is 5.57 Å². The Hall–Kier alpha value is -1.35. The lowest BCUT2D eigenvalue weighted by atomic mass is 10.2. The first-order valence-electron chi connectivity index (χ1n) is 5.63. The van der Waals surface area contributed by atoms with Crippen LogP contribution in [0.2, 0.25) is 0 Å². The zero-order chi connectivity index (χ0) is 12.0. The van der Waals surface area contributed by atoms with Crippen molar-refractivity contribution in [2.75, 3.05) is 6.61 Å².